The van der Waals surface area contributed by atoms with Crippen LogP contribution in [0.3, 0.4) is 0 Å². The van der Waals surface area contributed by atoms with Crippen molar-refractivity contribution in [2.45, 2.75) is 6.92 Å². The highest BCUT2D eigenvalue weighted by Gasteiger charge is 2.11. The number of carbonyl (C=O) groups is 2. The van der Waals surface area contributed by atoms with E-state index in [0.717, 1.165) is 0 Å². The van der Waals surface area contributed by atoms with Crippen LogP contribution in [0, 0.1) is 11.3 Å². The Bertz CT molecular complexity index is 836. The molecule has 0 unspecified atom stereocenters. The quantitative estimate of drug-likeness (QED) is 0.490. The molecule has 2 N–H and O–H groups in total. The van der Waals surface area contributed by atoms with Crippen LogP contribution in [0.2, 0.25) is 5.02 Å². The summed E-state index contributed by atoms with van der Waals surface area (Å²) in [6.45, 7) is 1.48. The Morgan fingerprint density at radius 1 is 1.12 bits per heavy atom. The fourth-order valence-electron chi connectivity index (χ4n) is 1.86. The van der Waals surface area contributed by atoms with Gasteiger partial charge in [0.15, 0.2) is 5.78 Å². The highest BCUT2D eigenvalue weighted by molar-refractivity contribution is 6.34. The van der Waals surface area contributed by atoms with Gasteiger partial charge in [0.1, 0.15) is 11.6 Å². The van der Waals surface area contributed by atoms with Gasteiger partial charge in [-0.3, -0.25) is 9.59 Å². The van der Waals surface area contributed by atoms with Crippen LogP contribution >= 0.6 is 11.6 Å². The molecule has 6 heteroatoms. The Morgan fingerprint density at radius 3 is 2.38 bits per heavy atom. The van der Waals surface area contributed by atoms with Gasteiger partial charge in [-0.1, -0.05) is 23.7 Å². The number of amides is 1. The fourth-order valence-corrected chi connectivity index (χ4v) is 2.04. The highest BCUT2D eigenvalue weighted by Crippen LogP contribution is 2.21. The number of ketones is 1. The molecule has 0 aliphatic carbocycles. The number of benzene rings is 2. The van der Waals surface area contributed by atoms with E-state index in [0.29, 0.717) is 22.0 Å². The number of carbonyl (C=O) groups excluding carboxylic acids is 2. The molecule has 5 nitrogen and oxygen atoms in total. The first-order valence-corrected chi connectivity index (χ1v) is 7.42. The SMILES string of the molecule is CC(=O)c1ccc(N/C=C(/C#N)C(=O)Nc2ccccc2Cl)cc1. The molecule has 0 fully saturated rings. The maximum absolute atomic E-state index is 12.1. The normalized spacial score (nSPS) is 10.6. The lowest BCUT2D eigenvalue weighted by Gasteiger charge is -2.07. The van der Waals surface area contributed by atoms with Gasteiger partial charge in [0, 0.05) is 17.5 Å². The van der Waals surface area contributed by atoms with Crippen molar-refractivity contribution in [3.8, 4) is 6.07 Å². The van der Waals surface area contributed by atoms with Gasteiger partial charge in [-0.2, -0.15) is 5.26 Å². The number of hydrogen-bond acceptors (Lipinski definition) is 4. The third-order valence-electron chi connectivity index (χ3n) is 3.16. The molecule has 0 aliphatic heterocycles. The number of Topliss-reactive ketones (excluding diaryl/α,β-unsaturated/α-hetero) is 1. The van der Waals surface area contributed by atoms with Gasteiger partial charge < -0.3 is 10.6 Å². The minimum Gasteiger partial charge on any atom is -0.360 e. The van der Waals surface area contributed by atoms with Crippen molar-refractivity contribution < 1.29 is 9.59 Å². The molecular weight excluding hydrogens is 326 g/mol. The molecule has 0 radical (unpaired) electrons. The zero-order chi connectivity index (χ0) is 17.5. The molecule has 0 bridgehead atoms. The summed E-state index contributed by atoms with van der Waals surface area (Å²) in [5, 5.41) is 15.0. The summed E-state index contributed by atoms with van der Waals surface area (Å²) in [5.41, 5.74) is 1.56. The third kappa shape index (κ3) is 4.45. The lowest BCUT2D eigenvalue weighted by Crippen LogP contribution is -2.14. The molecule has 0 spiro atoms. The predicted molar refractivity (Wildman–Crippen MR) is 93.8 cm³/mol. The zero-order valence-corrected chi connectivity index (χ0v) is 13.6. The van der Waals surface area contributed by atoms with E-state index in [2.05, 4.69) is 10.6 Å². The third-order valence-corrected chi connectivity index (χ3v) is 3.49. The second-order valence-corrected chi connectivity index (χ2v) is 5.29. The first-order chi connectivity index (χ1) is 11.5. The van der Waals surface area contributed by atoms with Gasteiger partial charge in [0.2, 0.25) is 0 Å². The summed E-state index contributed by atoms with van der Waals surface area (Å²) in [5.74, 6) is -0.604. The van der Waals surface area contributed by atoms with E-state index in [1.165, 1.54) is 13.1 Å². The number of nitriles is 1. The van der Waals surface area contributed by atoms with Crippen molar-refractivity contribution >= 4 is 34.7 Å². The van der Waals surface area contributed by atoms with Gasteiger partial charge in [-0.25, -0.2) is 0 Å². The van der Waals surface area contributed by atoms with Crippen LogP contribution in [-0.4, -0.2) is 11.7 Å². The van der Waals surface area contributed by atoms with Crippen molar-refractivity contribution in [3.05, 3.63) is 70.9 Å². The predicted octanol–water partition coefficient (Wildman–Crippen LogP) is 4.00. The van der Waals surface area contributed by atoms with Gasteiger partial charge in [0.05, 0.1) is 10.7 Å². The lowest BCUT2D eigenvalue weighted by atomic mass is 10.1. The molecule has 120 valence electrons. The number of anilines is 2. The van der Waals surface area contributed by atoms with Crippen LogP contribution in [0.5, 0.6) is 0 Å². The number of para-hydroxylation sites is 1. The first-order valence-electron chi connectivity index (χ1n) is 7.05. The molecule has 2 aromatic carbocycles. The minimum absolute atomic E-state index is 0.0334. The molecule has 0 heterocycles. The standard InChI is InChI=1S/C18H14ClN3O2/c1-12(23)13-6-8-15(9-7-13)21-11-14(10-20)18(24)22-17-5-3-2-4-16(17)19/h2-9,11,21H,1H3,(H,22,24)/b14-11-. The summed E-state index contributed by atoms with van der Waals surface area (Å²) < 4.78 is 0. The largest absolute Gasteiger partial charge is 0.360 e. The Morgan fingerprint density at radius 2 is 1.79 bits per heavy atom. The molecule has 0 saturated heterocycles. The Kier molecular flexibility index (Phi) is 5.72. The lowest BCUT2D eigenvalue weighted by molar-refractivity contribution is -0.112. The van der Waals surface area contributed by atoms with Gasteiger partial charge in [-0.15, -0.1) is 0 Å². The molecule has 24 heavy (non-hydrogen) atoms. The van der Waals surface area contributed by atoms with E-state index in [-0.39, 0.29) is 11.4 Å². The number of nitrogens with zero attached hydrogens (tertiary/aromatic N) is 1. The maximum Gasteiger partial charge on any atom is 0.267 e. The number of nitrogens with one attached hydrogen (secondary N) is 2. The van der Waals surface area contributed by atoms with E-state index in [1.54, 1.807) is 48.5 Å². The fraction of sp³-hybridized carbons (Fsp3) is 0.0556. The van der Waals surface area contributed by atoms with Crippen molar-refractivity contribution in [1.82, 2.24) is 0 Å². The van der Waals surface area contributed by atoms with E-state index in [4.69, 9.17) is 16.9 Å². The second-order valence-electron chi connectivity index (χ2n) is 4.88. The molecule has 0 aliphatic rings. The molecule has 2 rings (SSSR count). The Hall–Kier alpha value is -3.10. The number of rotatable bonds is 5. The van der Waals surface area contributed by atoms with E-state index < -0.39 is 5.91 Å². The van der Waals surface area contributed by atoms with Crippen molar-refractivity contribution in [1.29, 1.82) is 5.26 Å². The van der Waals surface area contributed by atoms with E-state index in [9.17, 15) is 9.59 Å². The maximum atomic E-state index is 12.1. The van der Waals surface area contributed by atoms with E-state index in [1.807, 2.05) is 6.07 Å². The Balaban J connectivity index is 2.08. The highest BCUT2D eigenvalue weighted by atomic mass is 35.5. The van der Waals surface area contributed by atoms with Crippen LogP contribution in [0.25, 0.3) is 0 Å². The Labute approximate surface area is 144 Å². The van der Waals surface area contributed by atoms with Crippen LogP contribution in [0.15, 0.2) is 60.3 Å². The molecule has 0 saturated carbocycles. The van der Waals surface area contributed by atoms with Crippen molar-refractivity contribution in [3.63, 3.8) is 0 Å². The summed E-state index contributed by atoms with van der Waals surface area (Å²) >= 11 is 5.97. The molecule has 0 aromatic heterocycles. The van der Waals surface area contributed by atoms with Crippen LogP contribution < -0.4 is 10.6 Å². The molecule has 2 aromatic rings. The van der Waals surface area contributed by atoms with Gasteiger partial charge in [-0.05, 0) is 43.3 Å². The zero-order valence-electron chi connectivity index (χ0n) is 12.8. The van der Waals surface area contributed by atoms with Gasteiger partial charge in [0.25, 0.3) is 5.91 Å². The average Bonchev–Trinajstić information content (AvgIpc) is 2.58. The number of hydrogen-bond donors (Lipinski definition) is 2. The smallest absolute Gasteiger partial charge is 0.267 e. The topological polar surface area (TPSA) is 82.0 Å². The summed E-state index contributed by atoms with van der Waals surface area (Å²) in [6.07, 6.45) is 1.30. The van der Waals surface area contributed by atoms with Crippen molar-refractivity contribution in [2.75, 3.05) is 10.6 Å². The first kappa shape index (κ1) is 17.3. The molecule has 0 atom stereocenters. The van der Waals surface area contributed by atoms with Crippen LogP contribution in [0.4, 0.5) is 11.4 Å². The van der Waals surface area contributed by atoms with Crippen molar-refractivity contribution in [2.24, 2.45) is 0 Å². The second kappa shape index (κ2) is 7.95. The molecular formula is C18H14ClN3O2. The van der Waals surface area contributed by atoms with Crippen LogP contribution in [-0.2, 0) is 4.79 Å². The summed E-state index contributed by atoms with van der Waals surface area (Å²) in [4.78, 5) is 23.3. The van der Waals surface area contributed by atoms with Crippen LogP contribution in [0.1, 0.15) is 17.3 Å². The number of halogens is 1. The monoisotopic (exact) mass is 339 g/mol. The van der Waals surface area contributed by atoms with Gasteiger partial charge >= 0.3 is 0 Å². The van der Waals surface area contributed by atoms with E-state index >= 15 is 0 Å². The average molecular weight is 340 g/mol. The molecule has 1 amide bonds. The minimum atomic E-state index is -0.571. The summed E-state index contributed by atoms with van der Waals surface area (Å²) in [7, 11) is 0. The summed E-state index contributed by atoms with van der Waals surface area (Å²) in [6, 6.07) is 15.3.